The third-order valence-electron chi connectivity index (χ3n) is 3.77. The number of hydrogen-bond acceptors (Lipinski definition) is 6. The van der Waals surface area contributed by atoms with Crippen molar-refractivity contribution in [2.45, 2.75) is 6.04 Å². The first-order chi connectivity index (χ1) is 12.5. The third kappa shape index (κ3) is 3.81. The van der Waals surface area contributed by atoms with E-state index >= 15 is 0 Å². The second kappa shape index (κ2) is 7.76. The molecule has 0 bridgehead atoms. The summed E-state index contributed by atoms with van der Waals surface area (Å²) in [6, 6.07) is 11.6. The average Bonchev–Trinajstić information content (AvgIpc) is 3.11. The summed E-state index contributed by atoms with van der Waals surface area (Å²) < 4.78 is 5.28. The predicted molar refractivity (Wildman–Crippen MR) is 97.5 cm³/mol. The van der Waals surface area contributed by atoms with Crippen molar-refractivity contribution in [3.8, 4) is 5.75 Å². The molecule has 1 atom stereocenters. The molecule has 0 saturated carbocycles. The van der Waals surface area contributed by atoms with Crippen LogP contribution >= 0.6 is 23.4 Å². The van der Waals surface area contributed by atoms with Gasteiger partial charge in [0.2, 0.25) is 0 Å². The smallest absolute Gasteiger partial charge is 0.335 e. The van der Waals surface area contributed by atoms with Gasteiger partial charge >= 0.3 is 5.97 Å². The van der Waals surface area contributed by atoms with Gasteiger partial charge in [0.25, 0.3) is 11.6 Å². The molecule has 3 rings (SSSR count). The number of ether oxygens (including phenoxy) is 1. The van der Waals surface area contributed by atoms with Gasteiger partial charge in [-0.3, -0.25) is 14.9 Å². The summed E-state index contributed by atoms with van der Waals surface area (Å²) in [5.74, 6) is 0.0326. The van der Waals surface area contributed by atoms with Gasteiger partial charge in [-0.05, 0) is 18.2 Å². The summed E-state index contributed by atoms with van der Waals surface area (Å²) in [4.78, 5) is 36.7. The standard InChI is InChI=1S/C17H13ClN2O5S/c18-13-8-12(6-7-14(13)20(23)24)25-17(22)15-9-26-10-19(15)16(21)11-4-2-1-3-5-11/h1-8,15H,9-10H2/t15-/m0/s1. The largest absolute Gasteiger partial charge is 0.425 e. The monoisotopic (exact) mass is 392 g/mol. The van der Waals surface area contributed by atoms with E-state index in [1.807, 2.05) is 0 Å². The first-order valence-corrected chi connectivity index (χ1v) is 9.10. The molecule has 1 aliphatic heterocycles. The molecule has 0 unspecified atom stereocenters. The van der Waals surface area contributed by atoms with Crippen LogP contribution in [0.25, 0.3) is 0 Å². The number of nitrogens with zero attached hydrogens (tertiary/aromatic N) is 2. The Hall–Kier alpha value is -2.58. The molecule has 1 fully saturated rings. The van der Waals surface area contributed by atoms with Gasteiger partial charge in [0.15, 0.2) is 0 Å². The molecule has 26 heavy (non-hydrogen) atoms. The lowest BCUT2D eigenvalue weighted by atomic mass is 10.2. The number of rotatable bonds is 4. The zero-order chi connectivity index (χ0) is 18.7. The van der Waals surface area contributed by atoms with Crippen LogP contribution in [0.4, 0.5) is 5.69 Å². The van der Waals surface area contributed by atoms with Crippen LogP contribution in [0.2, 0.25) is 5.02 Å². The van der Waals surface area contributed by atoms with Crippen molar-refractivity contribution in [3.63, 3.8) is 0 Å². The number of nitro benzene ring substituents is 1. The molecule has 0 radical (unpaired) electrons. The molecule has 2 aromatic carbocycles. The number of carbonyl (C=O) groups is 2. The van der Waals surface area contributed by atoms with E-state index in [1.165, 1.54) is 34.9 Å². The van der Waals surface area contributed by atoms with E-state index < -0.39 is 16.9 Å². The van der Waals surface area contributed by atoms with Crippen molar-refractivity contribution in [2.75, 3.05) is 11.6 Å². The molecule has 2 aromatic rings. The molecule has 1 saturated heterocycles. The number of esters is 1. The third-order valence-corrected chi connectivity index (χ3v) is 5.09. The van der Waals surface area contributed by atoms with Crippen LogP contribution < -0.4 is 4.74 Å². The van der Waals surface area contributed by atoms with Crippen LogP contribution in [-0.2, 0) is 4.79 Å². The maximum atomic E-state index is 12.6. The Kier molecular flexibility index (Phi) is 5.43. The van der Waals surface area contributed by atoms with Crippen LogP contribution in [0, 0.1) is 10.1 Å². The average molecular weight is 393 g/mol. The topological polar surface area (TPSA) is 89.8 Å². The molecule has 1 heterocycles. The summed E-state index contributed by atoms with van der Waals surface area (Å²) in [7, 11) is 0. The van der Waals surface area contributed by atoms with Gasteiger partial charge in [0.1, 0.15) is 16.8 Å². The first-order valence-electron chi connectivity index (χ1n) is 7.57. The van der Waals surface area contributed by atoms with Crippen molar-refractivity contribution in [2.24, 2.45) is 0 Å². The van der Waals surface area contributed by atoms with Gasteiger partial charge in [-0.1, -0.05) is 29.8 Å². The Morgan fingerprint density at radius 1 is 1.23 bits per heavy atom. The van der Waals surface area contributed by atoms with Gasteiger partial charge in [-0.2, -0.15) is 0 Å². The first kappa shape index (κ1) is 18.2. The molecule has 0 aliphatic carbocycles. The normalized spacial score (nSPS) is 16.3. The Bertz CT molecular complexity index is 861. The lowest BCUT2D eigenvalue weighted by Gasteiger charge is -2.22. The molecule has 0 spiro atoms. The number of amides is 1. The van der Waals surface area contributed by atoms with E-state index in [9.17, 15) is 19.7 Å². The highest BCUT2D eigenvalue weighted by Gasteiger charge is 2.36. The number of carbonyl (C=O) groups excluding carboxylic acids is 2. The Balaban J connectivity index is 1.74. The highest BCUT2D eigenvalue weighted by atomic mass is 35.5. The summed E-state index contributed by atoms with van der Waals surface area (Å²) in [5.41, 5.74) is 0.218. The number of halogens is 1. The van der Waals surface area contributed by atoms with E-state index in [1.54, 1.807) is 30.3 Å². The number of hydrogen-bond donors (Lipinski definition) is 0. The van der Waals surface area contributed by atoms with E-state index in [0.717, 1.165) is 0 Å². The predicted octanol–water partition coefficient (Wildman–Crippen LogP) is 3.37. The van der Waals surface area contributed by atoms with Crippen molar-refractivity contribution in [1.82, 2.24) is 4.90 Å². The van der Waals surface area contributed by atoms with Crippen LogP contribution in [0.15, 0.2) is 48.5 Å². The minimum absolute atomic E-state index is 0.0922. The van der Waals surface area contributed by atoms with Gasteiger partial charge < -0.3 is 9.64 Å². The number of benzene rings is 2. The molecule has 9 heteroatoms. The van der Waals surface area contributed by atoms with Crippen molar-refractivity contribution in [3.05, 3.63) is 69.2 Å². The molecule has 0 aromatic heterocycles. The number of thioether (sulfide) groups is 1. The molecule has 134 valence electrons. The van der Waals surface area contributed by atoms with Gasteiger partial charge in [-0.15, -0.1) is 11.8 Å². The highest BCUT2D eigenvalue weighted by molar-refractivity contribution is 7.99. The van der Waals surface area contributed by atoms with Crippen LogP contribution in [0.5, 0.6) is 5.75 Å². The maximum absolute atomic E-state index is 12.6. The highest BCUT2D eigenvalue weighted by Crippen LogP contribution is 2.30. The Morgan fingerprint density at radius 3 is 2.62 bits per heavy atom. The Labute approximate surface area is 158 Å². The zero-order valence-corrected chi connectivity index (χ0v) is 14.9. The zero-order valence-electron chi connectivity index (χ0n) is 13.3. The fourth-order valence-electron chi connectivity index (χ4n) is 2.47. The molecule has 1 aliphatic rings. The fraction of sp³-hybridized carbons (Fsp3) is 0.176. The van der Waals surface area contributed by atoms with Gasteiger partial charge in [0.05, 0.1) is 10.8 Å². The summed E-state index contributed by atoms with van der Waals surface area (Å²) >= 11 is 7.28. The lowest BCUT2D eigenvalue weighted by molar-refractivity contribution is -0.384. The molecular formula is C17H13ClN2O5S. The Morgan fingerprint density at radius 2 is 1.96 bits per heavy atom. The summed E-state index contributed by atoms with van der Waals surface area (Å²) in [5, 5.41) is 10.7. The van der Waals surface area contributed by atoms with Gasteiger partial charge in [-0.25, -0.2) is 4.79 Å². The molecular weight excluding hydrogens is 380 g/mol. The van der Waals surface area contributed by atoms with Gasteiger partial charge in [0, 0.05) is 23.4 Å². The second-order valence-electron chi connectivity index (χ2n) is 5.45. The minimum atomic E-state index is -0.735. The van der Waals surface area contributed by atoms with Crippen LogP contribution in [0.3, 0.4) is 0 Å². The molecule has 1 amide bonds. The number of nitro groups is 1. The second-order valence-corrected chi connectivity index (χ2v) is 6.86. The molecule has 7 nitrogen and oxygen atoms in total. The summed E-state index contributed by atoms with van der Waals surface area (Å²) in [6.07, 6.45) is 0. The van der Waals surface area contributed by atoms with Crippen LogP contribution in [-0.4, -0.2) is 39.4 Å². The van der Waals surface area contributed by atoms with Crippen molar-refractivity contribution in [1.29, 1.82) is 0 Å². The van der Waals surface area contributed by atoms with E-state index in [-0.39, 0.29) is 22.4 Å². The van der Waals surface area contributed by atoms with Crippen molar-refractivity contribution >= 4 is 40.9 Å². The van der Waals surface area contributed by atoms with Crippen LogP contribution in [0.1, 0.15) is 10.4 Å². The van der Waals surface area contributed by atoms with Crippen molar-refractivity contribution < 1.29 is 19.2 Å². The minimum Gasteiger partial charge on any atom is -0.425 e. The van der Waals surface area contributed by atoms with E-state index in [4.69, 9.17) is 16.3 Å². The quantitative estimate of drug-likeness (QED) is 0.343. The maximum Gasteiger partial charge on any atom is 0.335 e. The SMILES string of the molecule is O=C(Oc1ccc([N+](=O)[O-])c(Cl)c1)[C@@H]1CSCN1C(=O)c1ccccc1. The lowest BCUT2D eigenvalue weighted by Crippen LogP contribution is -2.43. The van der Waals surface area contributed by atoms with E-state index in [0.29, 0.717) is 17.2 Å². The molecule has 0 N–H and O–H groups in total. The summed E-state index contributed by atoms with van der Waals surface area (Å²) in [6.45, 7) is 0. The fourth-order valence-corrected chi connectivity index (χ4v) is 3.85. The van der Waals surface area contributed by atoms with E-state index in [2.05, 4.69) is 0 Å².